The fourth-order valence-corrected chi connectivity index (χ4v) is 2.97. The van der Waals surface area contributed by atoms with E-state index < -0.39 is 6.04 Å². The Bertz CT molecular complexity index is 527. The van der Waals surface area contributed by atoms with Crippen LogP contribution in [0.1, 0.15) is 16.5 Å². The van der Waals surface area contributed by atoms with Crippen LogP contribution in [0.5, 0.6) is 0 Å². The summed E-state index contributed by atoms with van der Waals surface area (Å²) in [6.45, 7) is 0.498. The summed E-state index contributed by atoms with van der Waals surface area (Å²) in [6.07, 6.45) is 0. The second-order valence-corrected chi connectivity index (χ2v) is 5.65. The molecular weight excluding hydrogens is 312 g/mol. The highest BCUT2D eigenvalue weighted by Gasteiger charge is 2.15. The van der Waals surface area contributed by atoms with Gasteiger partial charge in [-0.25, -0.2) is 0 Å². The van der Waals surface area contributed by atoms with Gasteiger partial charge < -0.3 is 11.1 Å². The maximum Gasteiger partial charge on any atom is 0.241 e. The number of thiophene rings is 1. The lowest BCUT2D eigenvalue weighted by atomic mass is 10.1. The lowest BCUT2D eigenvalue weighted by molar-refractivity contribution is -0.122. The normalized spacial score (nSPS) is 12.1. The van der Waals surface area contributed by atoms with E-state index in [4.69, 9.17) is 5.73 Å². The zero-order valence-electron chi connectivity index (χ0n) is 9.60. The second kappa shape index (κ2) is 6.13. The van der Waals surface area contributed by atoms with Crippen LogP contribution >= 0.6 is 27.3 Å². The topological polar surface area (TPSA) is 55.1 Å². The van der Waals surface area contributed by atoms with Crippen molar-refractivity contribution in [1.29, 1.82) is 0 Å². The Morgan fingerprint density at radius 1 is 1.33 bits per heavy atom. The average Bonchev–Trinajstić information content (AvgIpc) is 2.81. The molecular formula is C13H13BrN2OS. The van der Waals surface area contributed by atoms with E-state index in [0.717, 1.165) is 14.9 Å². The fraction of sp³-hybridized carbons (Fsp3) is 0.154. The molecule has 1 heterocycles. The van der Waals surface area contributed by atoms with E-state index in [9.17, 15) is 4.79 Å². The average molecular weight is 325 g/mol. The van der Waals surface area contributed by atoms with E-state index in [1.807, 2.05) is 41.8 Å². The summed E-state index contributed by atoms with van der Waals surface area (Å²) in [5, 5.41) is 4.82. The molecule has 94 valence electrons. The molecule has 0 radical (unpaired) electrons. The molecule has 18 heavy (non-hydrogen) atoms. The number of hydrogen-bond acceptors (Lipinski definition) is 3. The second-order valence-electron chi connectivity index (χ2n) is 3.80. The lowest BCUT2D eigenvalue weighted by Gasteiger charge is -2.12. The molecule has 1 amide bonds. The minimum Gasteiger partial charge on any atom is -0.350 e. The SMILES string of the molecule is N[C@@H](C(=O)NCc1sccc1Br)c1ccccc1. The van der Waals surface area contributed by atoms with Gasteiger partial charge in [0.25, 0.3) is 0 Å². The van der Waals surface area contributed by atoms with Gasteiger partial charge in [-0.1, -0.05) is 30.3 Å². The number of hydrogen-bond donors (Lipinski definition) is 2. The molecule has 0 aliphatic heterocycles. The molecule has 0 bridgehead atoms. The summed E-state index contributed by atoms with van der Waals surface area (Å²) in [5.41, 5.74) is 6.72. The predicted octanol–water partition coefficient (Wildman–Crippen LogP) is 2.83. The van der Waals surface area contributed by atoms with Crippen molar-refractivity contribution in [2.75, 3.05) is 0 Å². The molecule has 0 fully saturated rings. The molecule has 1 aromatic heterocycles. The predicted molar refractivity (Wildman–Crippen MR) is 77.2 cm³/mol. The van der Waals surface area contributed by atoms with Crippen molar-refractivity contribution in [3.05, 3.63) is 56.7 Å². The Morgan fingerprint density at radius 3 is 2.67 bits per heavy atom. The molecule has 1 aromatic carbocycles. The first kappa shape index (κ1) is 13.3. The first-order valence-electron chi connectivity index (χ1n) is 5.48. The molecule has 3 nitrogen and oxygen atoms in total. The van der Waals surface area contributed by atoms with Gasteiger partial charge in [0.15, 0.2) is 0 Å². The molecule has 2 aromatic rings. The smallest absolute Gasteiger partial charge is 0.241 e. The molecule has 0 aliphatic carbocycles. The third-order valence-electron chi connectivity index (χ3n) is 2.56. The minimum atomic E-state index is -0.620. The van der Waals surface area contributed by atoms with Gasteiger partial charge in [-0.2, -0.15) is 0 Å². The number of carbonyl (C=O) groups excluding carboxylic acids is 1. The van der Waals surface area contributed by atoms with Crippen molar-refractivity contribution >= 4 is 33.2 Å². The van der Waals surface area contributed by atoms with Crippen molar-refractivity contribution in [2.24, 2.45) is 5.73 Å². The van der Waals surface area contributed by atoms with Gasteiger partial charge in [0.1, 0.15) is 6.04 Å². The molecule has 0 saturated heterocycles. The number of halogens is 1. The Hall–Kier alpha value is -1.17. The zero-order valence-corrected chi connectivity index (χ0v) is 12.0. The van der Waals surface area contributed by atoms with Gasteiger partial charge in [0.2, 0.25) is 5.91 Å². The highest BCUT2D eigenvalue weighted by molar-refractivity contribution is 9.10. The van der Waals surface area contributed by atoms with Gasteiger partial charge in [0.05, 0.1) is 6.54 Å². The summed E-state index contributed by atoms with van der Waals surface area (Å²) < 4.78 is 1.01. The Balaban J connectivity index is 1.95. The van der Waals surface area contributed by atoms with Crippen LogP contribution in [0.4, 0.5) is 0 Å². The van der Waals surface area contributed by atoms with Crippen LogP contribution in [0.2, 0.25) is 0 Å². The van der Waals surface area contributed by atoms with Crippen LogP contribution in [0.3, 0.4) is 0 Å². The van der Waals surface area contributed by atoms with Crippen molar-refractivity contribution < 1.29 is 4.79 Å². The first-order chi connectivity index (χ1) is 8.68. The van der Waals surface area contributed by atoms with Crippen LogP contribution in [0, 0.1) is 0 Å². The Kier molecular flexibility index (Phi) is 4.52. The van der Waals surface area contributed by atoms with Crippen LogP contribution in [-0.4, -0.2) is 5.91 Å². The van der Waals surface area contributed by atoms with E-state index >= 15 is 0 Å². The molecule has 3 N–H and O–H groups in total. The Morgan fingerprint density at radius 2 is 2.06 bits per heavy atom. The third kappa shape index (κ3) is 3.19. The van der Waals surface area contributed by atoms with Crippen molar-refractivity contribution in [3.63, 3.8) is 0 Å². The minimum absolute atomic E-state index is 0.165. The largest absolute Gasteiger partial charge is 0.350 e. The van der Waals surface area contributed by atoms with E-state index in [1.54, 1.807) is 11.3 Å². The van der Waals surface area contributed by atoms with Gasteiger partial charge in [-0.05, 0) is 32.9 Å². The standard InChI is InChI=1S/C13H13BrN2OS/c14-10-6-7-18-11(10)8-16-13(17)12(15)9-4-2-1-3-5-9/h1-7,12H,8,15H2,(H,16,17)/t12-/m1/s1. The number of nitrogens with one attached hydrogen (secondary N) is 1. The van der Waals surface area contributed by atoms with E-state index in [0.29, 0.717) is 6.54 Å². The summed E-state index contributed by atoms with van der Waals surface area (Å²) in [5.74, 6) is -0.165. The van der Waals surface area contributed by atoms with E-state index in [1.165, 1.54) is 0 Å². The van der Waals surface area contributed by atoms with Gasteiger partial charge >= 0.3 is 0 Å². The van der Waals surface area contributed by atoms with Crippen LogP contribution in [0.25, 0.3) is 0 Å². The van der Waals surface area contributed by atoms with Gasteiger partial charge in [-0.15, -0.1) is 11.3 Å². The molecule has 0 saturated carbocycles. The monoisotopic (exact) mass is 324 g/mol. The number of amides is 1. The fourth-order valence-electron chi connectivity index (χ4n) is 1.54. The number of nitrogens with two attached hydrogens (primary N) is 1. The molecule has 0 aliphatic rings. The highest BCUT2D eigenvalue weighted by atomic mass is 79.9. The maximum atomic E-state index is 11.9. The summed E-state index contributed by atoms with van der Waals surface area (Å²) in [7, 11) is 0. The van der Waals surface area contributed by atoms with Crippen molar-refractivity contribution in [1.82, 2.24) is 5.32 Å². The van der Waals surface area contributed by atoms with Gasteiger partial charge in [0, 0.05) is 9.35 Å². The molecule has 1 atom stereocenters. The zero-order chi connectivity index (χ0) is 13.0. The molecule has 5 heteroatoms. The lowest BCUT2D eigenvalue weighted by Crippen LogP contribution is -2.33. The number of benzene rings is 1. The molecule has 2 rings (SSSR count). The van der Waals surface area contributed by atoms with Gasteiger partial charge in [-0.3, -0.25) is 4.79 Å². The highest BCUT2D eigenvalue weighted by Crippen LogP contribution is 2.22. The van der Waals surface area contributed by atoms with E-state index in [2.05, 4.69) is 21.2 Å². The maximum absolute atomic E-state index is 11.9. The summed E-state index contributed by atoms with van der Waals surface area (Å²) in [4.78, 5) is 13.0. The third-order valence-corrected chi connectivity index (χ3v) is 4.48. The quantitative estimate of drug-likeness (QED) is 0.908. The van der Waals surface area contributed by atoms with Crippen LogP contribution in [0.15, 0.2) is 46.3 Å². The number of carbonyl (C=O) groups is 1. The molecule has 0 spiro atoms. The van der Waals surface area contributed by atoms with Crippen LogP contribution < -0.4 is 11.1 Å². The van der Waals surface area contributed by atoms with Crippen LogP contribution in [-0.2, 0) is 11.3 Å². The van der Waals surface area contributed by atoms with Crippen molar-refractivity contribution in [3.8, 4) is 0 Å². The first-order valence-corrected chi connectivity index (χ1v) is 7.16. The summed E-state index contributed by atoms with van der Waals surface area (Å²) in [6, 6.07) is 10.7. The number of rotatable bonds is 4. The molecule has 0 unspecified atom stereocenters. The summed E-state index contributed by atoms with van der Waals surface area (Å²) >= 11 is 5.02. The van der Waals surface area contributed by atoms with E-state index in [-0.39, 0.29) is 5.91 Å². The van der Waals surface area contributed by atoms with Crippen molar-refractivity contribution in [2.45, 2.75) is 12.6 Å². The Labute approximate surface area is 118 Å².